The van der Waals surface area contributed by atoms with Crippen LogP contribution in [-0.2, 0) is 6.54 Å². The van der Waals surface area contributed by atoms with Gasteiger partial charge in [-0.1, -0.05) is 46.3 Å². The van der Waals surface area contributed by atoms with Gasteiger partial charge in [-0.25, -0.2) is 4.79 Å². The molecule has 2 amide bonds. The fourth-order valence-electron chi connectivity index (χ4n) is 1.71. The molecule has 2 rings (SSSR count). The fraction of sp³-hybridized carbons (Fsp3) is 0.133. The molecular formula is C15H15BrN2O. The summed E-state index contributed by atoms with van der Waals surface area (Å²) in [4.78, 5) is 11.8. The van der Waals surface area contributed by atoms with Crippen LogP contribution in [0.25, 0.3) is 0 Å². The van der Waals surface area contributed by atoms with Crippen molar-refractivity contribution in [2.24, 2.45) is 0 Å². The van der Waals surface area contributed by atoms with Crippen LogP contribution in [0.5, 0.6) is 0 Å². The van der Waals surface area contributed by atoms with Gasteiger partial charge in [0.2, 0.25) is 0 Å². The molecule has 0 atom stereocenters. The molecule has 4 heteroatoms. The number of benzene rings is 2. The minimum Gasteiger partial charge on any atom is -0.334 e. The molecule has 2 N–H and O–H groups in total. The van der Waals surface area contributed by atoms with E-state index in [1.165, 1.54) is 0 Å². The van der Waals surface area contributed by atoms with Gasteiger partial charge in [0.25, 0.3) is 0 Å². The third-order valence-corrected chi connectivity index (χ3v) is 3.23. The van der Waals surface area contributed by atoms with Gasteiger partial charge in [-0.2, -0.15) is 0 Å². The van der Waals surface area contributed by atoms with Gasteiger partial charge < -0.3 is 10.6 Å². The summed E-state index contributed by atoms with van der Waals surface area (Å²) in [5.41, 5.74) is 2.91. The number of anilines is 1. The van der Waals surface area contributed by atoms with Crippen LogP contribution in [0.2, 0.25) is 0 Å². The molecule has 19 heavy (non-hydrogen) atoms. The van der Waals surface area contributed by atoms with Gasteiger partial charge in [0.05, 0.1) is 0 Å². The van der Waals surface area contributed by atoms with Crippen molar-refractivity contribution in [2.75, 3.05) is 5.32 Å². The Morgan fingerprint density at radius 2 is 1.89 bits per heavy atom. The molecule has 0 aliphatic carbocycles. The summed E-state index contributed by atoms with van der Waals surface area (Å²) >= 11 is 3.40. The lowest BCUT2D eigenvalue weighted by atomic mass is 10.2. The molecule has 3 nitrogen and oxygen atoms in total. The van der Waals surface area contributed by atoms with Crippen LogP contribution in [0.4, 0.5) is 10.5 Å². The molecule has 2 aromatic rings. The molecule has 0 saturated carbocycles. The lowest BCUT2D eigenvalue weighted by Gasteiger charge is -2.10. The molecule has 0 aliphatic heterocycles. The van der Waals surface area contributed by atoms with E-state index in [1.54, 1.807) is 0 Å². The van der Waals surface area contributed by atoms with E-state index in [1.807, 2.05) is 55.5 Å². The largest absolute Gasteiger partial charge is 0.334 e. The second-order valence-corrected chi connectivity index (χ2v) is 5.17. The Bertz CT molecular complexity index is 570. The first-order valence-corrected chi connectivity index (χ1v) is 6.79. The molecule has 0 aromatic heterocycles. The van der Waals surface area contributed by atoms with Crippen LogP contribution in [0, 0.1) is 6.92 Å². The first-order chi connectivity index (χ1) is 9.15. The number of urea groups is 1. The van der Waals surface area contributed by atoms with Gasteiger partial charge in [-0.3, -0.25) is 0 Å². The Kier molecular flexibility index (Phi) is 4.58. The lowest BCUT2D eigenvalue weighted by Crippen LogP contribution is -2.28. The third kappa shape index (κ3) is 4.10. The topological polar surface area (TPSA) is 41.1 Å². The zero-order chi connectivity index (χ0) is 13.7. The van der Waals surface area contributed by atoms with Crippen molar-refractivity contribution in [3.8, 4) is 0 Å². The molecule has 0 aliphatic rings. The molecule has 0 spiro atoms. The molecule has 0 fully saturated rings. The van der Waals surface area contributed by atoms with Crippen LogP contribution < -0.4 is 10.6 Å². The molecule has 0 heterocycles. The smallest absolute Gasteiger partial charge is 0.319 e. The number of amides is 2. The van der Waals surface area contributed by atoms with E-state index in [4.69, 9.17) is 0 Å². The number of nitrogens with one attached hydrogen (secondary N) is 2. The maximum atomic E-state index is 11.8. The summed E-state index contributed by atoms with van der Waals surface area (Å²) in [6.07, 6.45) is 0. The van der Waals surface area contributed by atoms with E-state index in [9.17, 15) is 4.79 Å². The van der Waals surface area contributed by atoms with E-state index in [-0.39, 0.29) is 6.03 Å². The fourth-order valence-corrected chi connectivity index (χ4v) is 2.19. The maximum absolute atomic E-state index is 11.8. The number of carbonyl (C=O) groups excluding carboxylic acids is 1. The highest BCUT2D eigenvalue weighted by atomic mass is 79.9. The molecule has 0 radical (unpaired) electrons. The minimum absolute atomic E-state index is 0.200. The standard InChI is InChI=1S/C15H15BrN2O/c1-11-9-13(16)7-8-14(11)18-15(19)17-10-12-5-3-2-4-6-12/h2-9H,10H2,1H3,(H2,17,18,19). The Morgan fingerprint density at radius 1 is 1.16 bits per heavy atom. The Labute approximate surface area is 121 Å². The van der Waals surface area contributed by atoms with Crippen LogP contribution in [0.15, 0.2) is 53.0 Å². The van der Waals surface area contributed by atoms with E-state index in [0.29, 0.717) is 6.54 Å². The summed E-state index contributed by atoms with van der Waals surface area (Å²) in [6, 6.07) is 15.4. The summed E-state index contributed by atoms with van der Waals surface area (Å²) in [5.74, 6) is 0. The van der Waals surface area contributed by atoms with Crippen LogP contribution >= 0.6 is 15.9 Å². The maximum Gasteiger partial charge on any atom is 0.319 e. The lowest BCUT2D eigenvalue weighted by molar-refractivity contribution is 0.251. The van der Waals surface area contributed by atoms with E-state index < -0.39 is 0 Å². The monoisotopic (exact) mass is 318 g/mol. The van der Waals surface area contributed by atoms with Gasteiger partial charge >= 0.3 is 6.03 Å². The average molecular weight is 319 g/mol. The van der Waals surface area contributed by atoms with Gasteiger partial charge in [0.15, 0.2) is 0 Å². The molecule has 2 aromatic carbocycles. The zero-order valence-corrected chi connectivity index (χ0v) is 12.2. The highest BCUT2D eigenvalue weighted by Crippen LogP contribution is 2.19. The van der Waals surface area contributed by atoms with Gasteiger partial charge in [-0.05, 0) is 36.2 Å². The average Bonchev–Trinajstić information content (AvgIpc) is 2.41. The molecule has 0 unspecified atom stereocenters. The third-order valence-electron chi connectivity index (χ3n) is 2.73. The summed E-state index contributed by atoms with van der Waals surface area (Å²) in [7, 11) is 0. The number of rotatable bonds is 3. The molecule has 0 saturated heterocycles. The molecular weight excluding hydrogens is 304 g/mol. The number of halogens is 1. The zero-order valence-electron chi connectivity index (χ0n) is 10.6. The number of carbonyl (C=O) groups is 1. The summed E-state index contributed by atoms with van der Waals surface area (Å²) < 4.78 is 1.00. The predicted molar refractivity (Wildman–Crippen MR) is 81.2 cm³/mol. The second kappa shape index (κ2) is 6.38. The van der Waals surface area contributed by atoms with E-state index in [0.717, 1.165) is 21.3 Å². The van der Waals surface area contributed by atoms with E-state index >= 15 is 0 Å². The van der Waals surface area contributed by atoms with E-state index in [2.05, 4.69) is 26.6 Å². The first kappa shape index (κ1) is 13.6. The highest BCUT2D eigenvalue weighted by Gasteiger charge is 2.04. The van der Waals surface area contributed by atoms with Crippen molar-refractivity contribution in [1.29, 1.82) is 0 Å². The second-order valence-electron chi connectivity index (χ2n) is 4.25. The quantitative estimate of drug-likeness (QED) is 0.879. The summed E-state index contributed by atoms with van der Waals surface area (Å²) in [6.45, 7) is 2.47. The highest BCUT2D eigenvalue weighted by molar-refractivity contribution is 9.10. The van der Waals surface area contributed by atoms with Gasteiger partial charge in [0.1, 0.15) is 0 Å². The van der Waals surface area contributed by atoms with Crippen molar-refractivity contribution in [3.05, 3.63) is 64.1 Å². The van der Waals surface area contributed by atoms with Crippen molar-refractivity contribution in [1.82, 2.24) is 5.32 Å². The van der Waals surface area contributed by atoms with Crippen molar-refractivity contribution >= 4 is 27.6 Å². The number of aryl methyl sites for hydroxylation is 1. The van der Waals surface area contributed by atoms with Crippen molar-refractivity contribution in [3.63, 3.8) is 0 Å². The normalized spacial score (nSPS) is 10.0. The number of hydrogen-bond donors (Lipinski definition) is 2. The SMILES string of the molecule is Cc1cc(Br)ccc1NC(=O)NCc1ccccc1. The Hall–Kier alpha value is -1.81. The van der Waals surface area contributed by atoms with Gasteiger partial charge in [-0.15, -0.1) is 0 Å². The van der Waals surface area contributed by atoms with Gasteiger partial charge in [0, 0.05) is 16.7 Å². The molecule has 98 valence electrons. The minimum atomic E-state index is -0.200. The Balaban J connectivity index is 1.91. The predicted octanol–water partition coefficient (Wildman–Crippen LogP) is 4.08. The van der Waals surface area contributed by atoms with Crippen LogP contribution in [-0.4, -0.2) is 6.03 Å². The summed E-state index contributed by atoms with van der Waals surface area (Å²) in [5, 5.41) is 5.66. The van der Waals surface area contributed by atoms with Crippen LogP contribution in [0.1, 0.15) is 11.1 Å². The van der Waals surface area contributed by atoms with Crippen LogP contribution in [0.3, 0.4) is 0 Å². The Morgan fingerprint density at radius 3 is 2.58 bits per heavy atom. The first-order valence-electron chi connectivity index (χ1n) is 6.00. The molecule has 0 bridgehead atoms. The number of hydrogen-bond acceptors (Lipinski definition) is 1. The van der Waals surface area contributed by atoms with Crippen molar-refractivity contribution in [2.45, 2.75) is 13.5 Å². The van der Waals surface area contributed by atoms with Crippen molar-refractivity contribution < 1.29 is 4.79 Å².